The minimum Gasteiger partial charge on any atom is -0.342 e. The first kappa shape index (κ1) is 13.6. The van der Waals surface area contributed by atoms with E-state index >= 15 is 0 Å². The van der Waals surface area contributed by atoms with Gasteiger partial charge in [-0.1, -0.05) is 30.3 Å². The SMILES string of the molecule is O=CN1CCN(C(=O)CCCc2ccccc2)CC1. The topological polar surface area (TPSA) is 40.6 Å². The Morgan fingerprint density at radius 3 is 2.42 bits per heavy atom. The van der Waals surface area contributed by atoms with E-state index in [-0.39, 0.29) is 5.91 Å². The van der Waals surface area contributed by atoms with Crippen LogP contribution in [0.15, 0.2) is 30.3 Å². The fraction of sp³-hybridized carbons (Fsp3) is 0.467. The molecule has 1 aromatic carbocycles. The number of aryl methyl sites for hydroxylation is 1. The highest BCUT2D eigenvalue weighted by molar-refractivity contribution is 5.76. The third kappa shape index (κ3) is 4.09. The number of benzene rings is 1. The van der Waals surface area contributed by atoms with Gasteiger partial charge in [0.15, 0.2) is 0 Å². The summed E-state index contributed by atoms with van der Waals surface area (Å²) in [5.74, 6) is 0.210. The van der Waals surface area contributed by atoms with Crippen LogP contribution in [0, 0.1) is 0 Å². The molecule has 19 heavy (non-hydrogen) atoms. The number of piperazine rings is 1. The minimum absolute atomic E-state index is 0.210. The Hall–Kier alpha value is -1.84. The lowest BCUT2D eigenvalue weighted by atomic mass is 10.1. The van der Waals surface area contributed by atoms with E-state index in [9.17, 15) is 9.59 Å². The lowest BCUT2D eigenvalue weighted by Gasteiger charge is -2.32. The highest BCUT2D eigenvalue weighted by atomic mass is 16.2. The van der Waals surface area contributed by atoms with Gasteiger partial charge in [0.25, 0.3) is 0 Å². The van der Waals surface area contributed by atoms with E-state index in [1.807, 2.05) is 23.1 Å². The summed E-state index contributed by atoms with van der Waals surface area (Å²) in [6.07, 6.45) is 3.28. The average molecular weight is 260 g/mol. The molecule has 0 aliphatic carbocycles. The van der Waals surface area contributed by atoms with Gasteiger partial charge in [-0.2, -0.15) is 0 Å². The number of hydrogen-bond donors (Lipinski definition) is 0. The van der Waals surface area contributed by atoms with Crippen LogP contribution in [-0.4, -0.2) is 48.3 Å². The molecule has 0 spiro atoms. The lowest BCUT2D eigenvalue weighted by molar-refractivity contribution is -0.135. The maximum atomic E-state index is 12.0. The fourth-order valence-corrected chi connectivity index (χ4v) is 2.32. The molecule has 1 aliphatic rings. The zero-order valence-electron chi connectivity index (χ0n) is 11.1. The van der Waals surface area contributed by atoms with Crippen molar-refractivity contribution < 1.29 is 9.59 Å². The number of nitrogens with zero attached hydrogens (tertiary/aromatic N) is 2. The van der Waals surface area contributed by atoms with E-state index in [4.69, 9.17) is 0 Å². The van der Waals surface area contributed by atoms with Crippen molar-refractivity contribution in [1.29, 1.82) is 0 Å². The van der Waals surface area contributed by atoms with Crippen LogP contribution in [-0.2, 0) is 16.0 Å². The molecule has 4 heteroatoms. The second-order valence-corrected chi connectivity index (χ2v) is 4.86. The van der Waals surface area contributed by atoms with Crippen molar-refractivity contribution in [3.05, 3.63) is 35.9 Å². The fourth-order valence-electron chi connectivity index (χ4n) is 2.32. The Balaban J connectivity index is 1.69. The van der Waals surface area contributed by atoms with Crippen molar-refractivity contribution in [2.24, 2.45) is 0 Å². The van der Waals surface area contributed by atoms with E-state index in [2.05, 4.69) is 12.1 Å². The molecule has 1 aromatic rings. The van der Waals surface area contributed by atoms with Crippen LogP contribution in [0.25, 0.3) is 0 Å². The largest absolute Gasteiger partial charge is 0.342 e. The molecule has 1 aliphatic heterocycles. The summed E-state index contributed by atoms with van der Waals surface area (Å²) in [5.41, 5.74) is 1.28. The molecule has 102 valence electrons. The Labute approximate surface area is 114 Å². The summed E-state index contributed by atoms with van der Waals surface area (Å²) >= 11 is 0. The minimum atomic E-state index is 0.210. The van der Waals surface area contributed by atoms with Gasteiger partial charge in [0.2, 0.25) is 12.3 Å². The number of carbonyl (C=O) groups excluding carboxylic acids is 2. The quantitative estimate of drug-likeness (QED) is 0.749. The predicted octanol–water partition coefficient (Wildman–Crippen LogP) is 1.31. The predicted molar refractivity (Wildman–Crippen MR) is 73.6 cm³/mol. The molecule has 2 rings (SSSR count). The molecule has 0 unspecified atom stereocenters. The molecule has 2 amide bonds. The van der Waals surface area contributed by atoms with E-state index in [1.54, 1.807) is 4.90 Å². The third-order valence-electron chi connectivity index (χ3n) is 3.51. The molecule has 0 aromatic heterocycles. The van der Waals surface area contributed by atoms with Crippen molar-refractivity contribution in [3.63, 3.8) is 0 Å². The molecular weight excluding hydrogens is 240 g/mol. The molecule has 1 heterocycles. The first-order valence-corrected chi connectivity index (χ1v) is 6.80. The van der Waals surface area contributed by atoms with Crippen LogP contribution in [0.1, 0.15) is 18.4 Å². The Kier molecular flexibility index (Phi) is 4.95. The number of rotatable bonds is 5. The van der Waals surface area contributed by atoms with Crippen LogP contribution in [0.4, 0.5) is 0 Å². The Bertz CT molecular complexity index is 411. The molecule has 0 bridgehead atoms. The summed E-state index contributed by atoms with van der Waals surface area (Å²) in [5, 5.41) is 0. The second-order valence-electron chi connectivity index (χ2n) is 4.86. The molecule has 1 fully saturated rings. The van der Waals surface area contributed by atoms with Gasteiger partial charge >= 0.3 is 0 Å². The second kappa shape index (κ2) is 6.92. The van der Waals surface area contributed by atoms with Crippen molar-refractivity contribution in [2.45, 2.75) is 19.3 Å². The number of carbonyl (C=O) groups is 2. The van der Waals surface area contributed by atoms with Crippen molar-refractivity contribution in [2.75, 3.05) is 26.2 Å². The third-order valence-corrected chi connectivity index (χ3v) is 3.51. The zero-order valence-corrected chi connectivity index (χ0v) is 11.1. The van der Waals surface area contributed by atoms with Gasteiger partial charge in [0, 0.05) is 32.6 Å². The van der Waals surface area contributed by atoms with Gasteiger partial charge in [-0.3, -0.25) is 9.59 Å². The van der Waals surface area contributed by atoms with Gasteiger partial charge in [-0.05, 0) is 18.4 Å². The molecule has 4 nitrogen and oxygen atoms in total. The van der Waals surface area contributed by atoms with E-state index in [1.165, 1.54) is 5.56 Å². The van der Waals surface area contributed by atoms with Crippen molar-refractivity contribution in [1.82, 2.24) is 9.80 Å². The summed E-state index contributed by atoms with van der Waals surface area (Å²) in [6.45, 7) is 2.66. The van der Waals surface area contributed by atoms with Crippen molar-refractivity contribution in [3.8, 4) is 0 Å². The average Bonchev–Trinajstić information content (AvgIpc) is 2.48. The standard InChI is InChI=1S/C15H20N2O2/c18-13-16-9-11-17(12-10-16)15(19)8-4-7-14-5-2-1-3-6-14/h1-3,5-6,13H,4,7-12H2. The number of amides is 2. The van der Waals surface area contributed by atoms with Crippen LogP contribution in [0.2, 0.25) is 0 Å². The van der Waals surface area contributed by atoms with E-state index in [0.29, 0.717) is 32.6 Å². The highest BCUT2D eigenvalue weighted by Crippen LogP contribution is 2.08. The summed E-state index contributed by atoms with van der Waals surface area (Å²) < 4.78 is 0. The lowest BCUT2D eigenvalue weighted by Crippen LogP contribution is -2.48. The monoisotopic (exact) mass is 260 g/mol. The maximum Gasteiger partial charge on any atom is 0.222 e. The van der Waals surface area contributed by atoms with Crippen LogP contribution < -0.4 is 0 Å². The van der Waals surface area contributed by atoms with Gasteiger partial charge in [-0.25, -0.2) is 0 Å². The molecule has 0 saturated carbocycles. The molecule has 0 atom stereocenters. The summed E-state index contributed by atoms with van der Waals surface area (Å²) in [6, 6.07) is 10.2. The smallest absolute Gasteiger partial charge is 0.222 e. The molecular formula is C15H20N2O2. The molecule has 0 radical (unpaired) electrons. The van der Waals surface area contributed by atoms with Gasteiger partial charge < -0.3 is 9.80 Å². The Morgan fingerprint density at radius 1 is 1.11 bits per heavy atom. The van der Waals surface area contributed by atoms with Crippen LogP contribution >= 0.6 is 0 Å². The van der Waals surface area contributed by atoms with E-state index in [0.717, 1.165) is 19.3 Å². The Morgan fingerprint density at radius 2 is 1.79 bits per heavy atom. The molecule has 1 saturated heterocycles. The van der Waals surface area contributed by atoms with Crippen molar-refractivity contribution >= 4 is 12.3 Å². The first-order valence-electron chi connectivity index (χ1n) is 6.80. The van der Waals surface area contributed by atoms with E-state index < -0.39 is 0 Å². The summed E-state index contributed by atoms with van der Waals surface area (Å²) in [7, 11) is 0. The number of hydrogen-bond acceptors (Lipinski definition) is 2. The van der Waals surface area contributed by atoms with Crippen LogP contribution in [0.3, 0.4) is 0 Å². The van der Waals surface area contributed by atoms with Gasteiger partial charge in [-0.15, -0.1) is 0 Å². The normalized spacial score (nSPS) is 15.4. The van der Waals surface area contributed by atoms with Crippen LogP contribution in [0.5, 0.6) is 0 Å². The highest BCUT2D eigenvalue weighted by Gasteiger charge is 2.19. The maximum absolute atomic E-state index is 12.0. The first-order chi connectivity index (χ1) is 9.29. The van der Waals surface area contributed by atoms with Gasteiger partial charge in [0.1, 0.15) is 0 Å². The van der Waals surface area contributed by atoms with Gasteiger partial charge in [0.05, 0.1) is 0 Å². The zero-order chi connectivity index (χ0) is 13.5. The molecule has 0 N–H and O–H groups in total. The summed E-state index contributed by atoms with van der Waals surface area (Å²) in [4.78, 5) is 26.2.